The maximum atomic E-state index is 5.74. The zero-order valence-electron chi connectivity index (χ0n) is 11.9. The number of anilines is 1. The van der Waals surface area contributed by atoms with E-state index in [1.165, 1.54) is 0 Å². The van der Waals surface area contributed by atoms with Crippen molar-refractivity contribution in [3.63, 3.8) is 0 Å². The maximum Gasteiger partial charge on any atom is 0.199 e. The van der Waals surface area contributed by atoms with Crippen molar-refractivity contribution < 1.29 is 13.9 Å². The van der Waals surface area contributed by atoms with Crippen LogP contribution in [0.5, 0.6) is 11.5 Å². The third-order valence-electron chi connectivity index (χ3n) is 3.26. The predicted molar refractivity (Wildman–Crippen MR) is 80.8 cm³/mol. The van der Waals surface area contributed by atoms with Crippen molar-refractivity contribution in [2.24, 2.45) is 0 Å². The highest BCUT2D eigenvalue weighted by molar-refractivity contribution is 5.76. The topological polar surface area (TPSA) is 70.5 Å². The smallest absolute Gasteiger partial charge is 0.199 e. The van der Waals surface area contributed by atoms with Crippen LogP contribution in [-0.2, 0) is 6.42 Å². The molecule has 0 fully saturated rings. The quantitative estimate of drug-likeness (QED) is 0.746. The van der Waals surface area contributed by atoms with Crippen LogP contribution in [0.1, 0.15) is 11.5 Å². The van der Waals surface area contributed by atoms with Gasteiger partial charge in [0, 0.05) is 12.1 Å². The molecule has 0 saturated heterocycles. The van der Waals surface area contributed by atoms with E-state index in [4.69, 9.17) is 19.6 Å². The number of benzene rings is 2. The van der Waals surface area contributed by atoms with Crippen LogP contribution in [0, 0.1) is 0 Å². The third kappa shape index (κ3) is 2.63. The lowest BCUT2D eigenvalue weighted by Gasteiger charge is -2.08. The number of nitrogens with zero attached hydrogens (tertiary/aromatic N) is 1. The summed E-state index contributed by atoms with van der Waals surface area (Å²) in [5, 5.41) is 0. The second-order valence-corrected chi connectivity index (χ2v) is 4.70. The van der Waals surface area contributed by atoms with Crippen molar-refractivity contribution in [3.05, 3.63) is 47.9 Å². The average molecular weight is 284 g/mol. The molecule has 2 N–H and O–H groups in total. The van der Waals surface area contributed by atoms with Crippen molar-refractivity contribution in [1.82, 2.24) is 4.98 Å². The van der Waals surface area contributed by atoms with Gasteiger partial charge in [-0.2, -0.15) is 0 Å². The van der Waals surface area contributed by atoms with Crippen molar-refractivity contribution in [2.75, 3.05) is 20.0 Å². The average Bonchev–Trinajstić information content (AvgIpc) is 2.88. The predicted octanol–water partition coefficient (Wildman–Crippen LogP) is 3.02. The summed E-state index contributed by atoms with van der Waals surface area (Å²) in [6, 6.07) is 11.2. The summed E-state index contributed by atoms with van der Waals surface area (Å²) in [5.41, 5.74) is 8.96. The number of methoxy groups -OCH3 is 2. The van der Waals surface area contributed by atoms with Gasteiger partial charge >= 0.3 is 0 Å². The molecular weight excluding hydrogens is 268 g/mol. The number of hydrogen-bond donors (Lipinski definition) is 1. The van der Waals surface area contributed by atoms with E-state index in [9.17, 15) is 0 Å². The Balaban J connectivity index is 1.91. The van der Waals surface area contributed by atoms with Crippen LogP contribution >= 0.6 is 0 Å². The fourth-order valence-corrected chi connectivity index (χ4v) is 2.23. The van der Waals surface area contributed by atoms with Crippen molar-refractivity contribution in [3.8, 4) is 11.5 Å². The van der Waals surface area contributed by atoms with Crippen molar-refractivity contribution in [1.29, 1.82) is 0 Å². The number of nitrogen functional groups attached to an aromatic ring is 1. The minimum atomic E-state index is 0.578. The molecule has 3 rings (SSSR count). The minimum Gasteiger partial charge on any atom is -0.493 e. The molecule has 0 aliphatic rings. The van der Waals surface area contributed by atoms with E-state index < -0.39 is 0 Å². The molecule has 2 aromatic carbocycles. The molecule has 5 heteroatoms. The van der Waals surface area contributed by atoms with Gasteiger partial charge in [0.1, 0.15) is 5.52 Å². The Labute approximate surface area is 122 Å². The Hall–Kier alpha value is -2.69. The normalized spacial score (nSPS) is 10.8. The molecule has 0 aliphatic heterocycles. The Morgan fingerprint density at radius 3 is 2.62 bits per heavy atom. The molecule has 108 valence electrons. The molecule has 1 heterocycles. The summed E-state index contributed by atoms with van der Waals surface area (Å²) in [5.74, 6) is 2.03. The first-order chi connectivity index (χ1) is 10.2. The molecule has 0 unspecified atom stereocenters. The van der Waals surface area contributed by atoms with E-state index in [1.807, 2.05) is 24.3 Å². The van der Waals surface area contributed by atoms with Crippen LogP contribution in [0.3, 0.4) is 0 Å². The standard InChI is InChI=1S/C16H16N2O3/c1-19-14-5-3-10(7-15(14)20-2)8-16-18-12-9-11(17)4-6-13(12)21-16/h3-7,9H,8,17H2,1-2H3. The van der Waals surface area contributed by atoms with Gasteiger partial charge in [-0.3, -0.25) is 0 Å². The molecule has 0 saturated carbocycles. The van der Waals surface area contributed by atoms with E-state index in [1.54, 1.807) is 26.4 Å². The molecule has 0 atom stereocenters. The lowest BCUT2D eigenvalue weighted by atomic mass is 10.1. The van der Waals surface area contributed by atoms with E-state index in [-0.39, 0.29) is 0 Å². The van der Waals surface area contributed by atoms with Crippen molar-refractivity contribution in [2.45, 2.75) is 6.42 Å². The monoisotopic (exact) mass is 284 g/mol. The second kappa shape index (κ2) is 5.36. The Morgan fingerprint density at radius 1 is 1.05 bits per heavy atom. The largest absolute Gasteiger partial charge is 0.493 e. The highest BCUT2D eigenvalue weighted by Crippen LogP contribution is 2.29. The highest BCUT2D eigenvalue weighted by atomic mass is 16.5. The van der Waals surface area contributed by atoms with Crippen molar-refractivity contribution >= 4 is 16.8 Å². The zero-order chi connectivity index (χ0) is 14.8. The Morgan fingerprint density at radius 2 is 1.86 bits per heavy atom. The first-order valence-electron chi connectivity index (χ1n) is 6.55. The summed E-state index contributed by atoms with van der Waals surface area (Å²) in [7, 11) is 3.23. The first-order valence-corrected chi connectivity index (χ1v) is 6.55. The van der Waals surface area contributed by atoms with E-state index >= 15 is 0 Å². The number of ether oxygens (including phenoxy) is 2. The van der Waals surface area contributed by atoms with Crippen LogP contribution in [-0.4, -0.2) is 19.2 Å². The lowest BCUT2D eigenvalue weighted by molar-refractivity contribution is 0.354. The number of oxazole rings is 1. The fourth-order valence-electron chi connectivity index (χ4n) is 2.23. The molecule has 0 spiro atoms. The van der Waals surface area contributed by atoms with E-state index in [2.05, 4.69) is 4.98 Å². The van der Waals surface area contributed by atoms with Gasteiger partial charge in [-0.25, -0.2) is 4.98 Å². The van der Waals surface area contributed by atoms with Crippen LogP contribution < -0.4 is 15.2 Å². The summed E-state index contributed by atoms with van der Waals surface area (Å²) in [6.07, 6.45) is 0.578. The SMILES string of the molecule is COc1ccc(Cc2nc3cc(N)ccc3o2)cc1OC. The number of rotatable bonds is 4. The fraction of sp³-hybridized carbons (Fsp3) is 0.188. The van der Waals surface area contributed by atoms with Gasteiger partial charge in [-0.15, -0.1) is 0 Å². The maximum absolute atomic E-state index is 5.74. The molecule has 0 aliphatic carbocycles. The van der Waals surface area contributed by atoms with Gasteiger partial charge in [0.15, 0.2) is 23.0 Å². The van der Waals surface area contributed by atoms with Gasteiger partial charge in [0.2, 0.25) is 0 Å². The summed E-state index contributed by atoms with van der Waals surface area (Å²) in [4.78, 5) is 4.45. The Bertz CT molecular complexity index is 780. The zero-order valence-corrected chi connectivity index (χ0v) is 11.9. The molecule has 0 amide bonds. The first kappa shape index (κ1) is 13.3. The van der Waals surface area contributed by atoms with Gasteiger partial charge in [-0.05, 0) is 35.9 Å². The van der Waals surface area contributed by atoms with Gasteiger partial charge in [0.25, 0.3) is 0 Å². The number of fused-ring (bicyclic) bond motifs is 1. The molecule has 5 nitrogen and oxygen atoms in total. The Kier molecular flexibility index (Phi) is 3.39. The molecule has 21 heavy (non-hydrogen) atoms. The minimum absolute atomic E-state index is 0.578. The highest BCUT2D eigenvalue weighted by Gasteiger charge is 2.09. The molecular formula is C16H16N2O3. The molecule has 0 radical (unpaired) electrons. The summed E-state index contributed by atoms with van der Waals surface area (Å²) < 4.78 is 16.2. The van der Waals surface area contributed by atoms with Crippen LogP contribution in [0.4, 0.5) is 5.69 Å². The summed E-state index contributed by atoms with van der Waals surface area (Å²) >= 11 is 0. The van der Waals surface area contributed by atoms with E-state index in [0.717, 1.165) is 16.7 Å². The number of hydrogen-bond acceptors (Lipinski definition) is 5. The summed E-state index contributed by atoms with van der Waals surface area (Å²) in [6.45, 7) is 0. The van der Waals surface area contributed by atoms with Crippen LogP contribution in [0.2, 0.25) is 0 Å². The molecule has 0 bridgehead atoms. The third-order valence-corrected chi connectivity index (χ3v) is 3.26. The van der Waals surface area contributed by atoms with Gasteiger partial charge in [-0.1, -0.05) is 6.07 Å². The number of nitrogens with two attached hydrogens (primary N) is 1. The van der Waals surface area contributed by atoms with Gasteiger partial charge in [0.05, 0.1) is 14.2 Å². The molecule has 3 aromatic rings. The van der Waals surface area contributed by atoms with E-state index in [0.29, 0.717) is 29.5 Å². The lowest BCUT2D eigenvalue weighted by Crippen LogP contribution is -1.93. The number of aromatic nitrogens is 1. The second-order valence-electron chi connectivity index (χ2n) is 4.70. The van der Waals surface area contributed by atoms with Crippen LogP contribution in [0.25, 0.3) is 11.1 Å². The van der Waals surface area contributed by atoms with Crippen LogP contribution in [0.15, 0.2) is 40.8 Å². The molecule has 1 aromatic heterocycles. The van der Waals surface area contributed by atoms with Gasteiger partial charge < -0.3 is 19.6 Å².